The predicted molar refractivity (Wildman–Crippen MR) is 76.6 cm³/mol. The molecule has 104 valence electrons. The Bertz CT molecular complexity index is 431. The van der Waals surface area contributed by atoms with Crippen molar-refractivity contribution in [1.82, 2.24) is 4.90 Å². The summed E-state index contributed by atoms with van der Waals surface area (Å²) in [5.41, 5.74) is 0.944. The lowest BCUT2D eigenvalue weighted by Gasteiger charge is -2.22. The molecule has 0 spiro atoms. The molecule has 0 amide bonds. The average molecular weight is 283 g/mol. The van der Waals surface area contributed by atoms with E-state index < -0.39 is 0 Å². The Morgan fingerprint density at radius 2 is 1.95 bits per heavy atom. The maximum Gasteiger partial charge on any atom is 0.269 e. The average Bonchev–Trinajstić information content (AvgIpc) is 2.67. The number of alkyl halides is 1. The number of non-ortho nitro benzene ring substituents is 1. The molecule has 1 heterocycles. The second kappa shape index (κ2) is 6.87. The molecule has 0 saturated carbocycles. The maximum atomic E-state index is 10.8. The second-order valence-electron chi connectivity index (χ2n) is 5.03. The van der Waals surface area contributed by atoms with Crippen LogP contribution < -0.4 is 0 Å². The van der Waals surface area contributed by atoms with E-state index in [1.165, 1.54) is 31.7 Å². The van der Waals surface area contributed by atoms with Gasteiger partial charge >= 0.3 is 0 Å². The van der Waals surface area contributed by atoms with Crippen molar-refractivity contribution in [3.05, 3.63) is 39.9 Å². The lowest BCUT2D eigenvalue weighted by atomic mass is 10.1. The summed E-state index contributed by atoms with van der Waals surface area (Å²) in [5.74, 6) is 0. The summed E-state index contributed by atoms with van der Waals surface area (Å²) < 4.78 is 0. The van der Waals surface area contributed by atoms with E-state index in [0.717, 1.165) is 25.2 Å². The van der Waals surface area contributed by atoms with Gasteiger partial charge < -0.3 is 4.90 Å². The molecule has 4 nitrogen and oxygen atoms in total. The molecule has 1 atom stereocenters. The first kappa shape index (κ1) is 14.3. The summed E-state index contributed by atoms with van der Waals surface area (Å²) in [6.07, 6.45) is 5.03. The van der Waals surface area contributed by atoms with Crippen LogP contribution in [0.2, 0.25) is 0 Å². The number of nitro groups is 1. The fourth-order valence-electron chi connectivity index (χ4n) is 2.48. The van der Waals surface area contributed by atoms with Crippen molar-refractivity contribution in [3.63, 3.8) is 0 Å². The highest BCUT2D eigenvalue weighted by molar-refractivity contribution is 6.21. The van der Waals surface area contributed by atoms with Gasteiger partial charge in [0.05, 0.1) is 10.3 Å². The van der Waals surface area contributed by atoms with Crippen LogP contribution in [0.4, 0.5) is 5.69 Å². The molecule has 1 aromatic rings. The van der Waals surface area contributed by atoms with Crippen molar-refractivity contribution in [2.24, 2.45) is 0 Å². The number of rotatable bonds is 4. The first-order valence-electron chi connectivity index (χ1n) is 6.77. The van der Waals surface area contributed by atoms with Crippen LogP contribution in [-0.4, -0.2) is 29.5 Å². The Morgan fingerprint density at radius 3 is 2.58 bits per heavy atom. The lowest BCUT2D eigenvalue weighted by Crippen LogP contribution is -2.28. The first-order chi connectivity index (χ1) is 9.16. The van der Waals surface area contributed by atoms with Gasteiger partial charge in [0.2, 0.25) is 0 Å². The molecule has 1 aromatic carbocycles. The van der Waals surface area contributed by atoms with Crippen LogP contribution in [0.25, 0.3) is 0 Å². The number of likely N-dealkylation sites (tertiary alicyclic amines) is 1. The van der Waals surface area contributed by atoms with E-state index in [1.807, 2.05) is 6.07 Å². The van der Waals surface area contributed by atoms with Gasteiger partial charge in [-0.3, -0.25) is 10.1 Å². The summed E-state index contributed by atoms with van der Waals surface area (Å²) >= 11 is 6.41. The van der Waals surface area contributed by atoms with Crippen molar-refractivity contribution in [1.29, 1.82) is 0 Å². The Balaban J connectivity index is 2.00. The normalized spacial score (nSPS) is 18.8. The van der Waals surface area contributed by atoms with E-state index in [1.54, 1.807) is 12.1 Å². The summed E-state index contributed by atoms with van der Waals surface area (Å²) in [6, 6.07) is 6.64. The molecule has 1 unspecified atom stereocenters. The highest BCUT2D eigenvalue weighted by atomic mass is 35.5. The van der Waals surface area contributed by atoms with Gasteiger partial charge in [-0.15, -0.1) is 11.6 Å². The first-order valence-corrected chi connectivity index (χ1v) is 7.21. The predicted octanol–water partition coefficient (Wildman–Crippen LogP) is 3.75. The van der Waals surface area contributed by atoms with Crippen LogP contribution in [0.5, 0.6) is 0 Å². The number of hydrogen-bond acceptors (Lipinski definition) is 3. The highest BCUT2D eigenvalue weighted by Gasteiger charge is 2.17. The molecule has 1 aliphatic rings. The number of benzene rings is 1. The SMILES string of the molecule is O=[N+]([O-])c1cccc(C(Cl)CN2CCCCCC2)c1. The molecule has 5 heteroatoms. The fourth-order valence-corrected chi connectivity index (χ4v) is 2.81. The molecule has 0 radical (unpaired) electrons. The number of hydrogen-bond donors (Lipinski definition) is 0. The Kier molecular flexibility index (Phi) is 5.16. The Labute approximate surface area is 118 Å². The molecule has 0 aliphatic carbocycles. The molecule has 0 aromatic heterocycles. The van der Waals surface area contributed by atoms with Crippen molar-refractivity contribution < 1.29 is 4.92 Å². The van der Waals surface area contributed by atoms with Crippen molar-refractivity contribution in [2.75, 3.05) is 19.6 Å². The third-order valence-corrected chi connectivity index (χ3v) is 3.95. The van der Waals surface area contributed by atoms with Gasteiger partial charge in [0.1, 0.15) is 0 Å². The molecule has 1 fully saturated rings. The third kappa shape index (κ3) is 4.18. The van der Waals surface area contributed by atoms with Crippen LogP contribution in [0.1, 0.15) is 36.6 Å². The van der Waals surface area contributed by atoms with Gasteiger partial charge in [0, 0.05) is 18.7 Å². The molecule has 0 N–H and O–H groups in total. The largest absolute Gasteiger partial charge is 0.302 e. The van der Waals surface area contributed by atoms with E-state index in [4.69, 9.17) is 11.6 Å². The standard InChI is InChI=1S/C14H19ClN2O2/c15-14(11-16-8-3-1-2-4-9-16)12-6-5-7-13(10-12)17(18)19/h5-7,10,14H,1-4,8-9,11H2. The zero-order valence-electron chi connectivity index (χ0n) is 10.9. The summed E-state index contributed by atoms with van der Waals surface area (Å²) in [5, 5.41) is 10.6. The van der Waals surface area contributed by atoms with Crippen LogP contribution in [0.15, 0.2) is 24.3 Å². The van der Waals surface area contributed by atoms with E-state index in [9.17, 15) is 10.1 Å². The zero-order valence-corrected chi connectivity index (χ0v) is 11.7. The van der Waals surface area contributed by atoms with Gasteiger partial charge in [-0.1, -0.05) is 25.0 Å². The summed E-state index contributed by atoms with van der Waals surface area (Å²) in [4.78, 5) is 12.8. The minimum Gasteiger partial charge on any atom is -0.302 e. The van der Waals surface area contributed by atoms with Crippen LogP contribution >= 0.6 is 11.6 Å². The monoisotopic (exact) mass is 282 g/mol. The van der Waals surface area contributed by atoms with Crippen LogP contribution in [0.3, 0.4) is 0 Å². The topological polar surface area (TPSA) is 46.4 Å². The maximum absolute atomic E-state index is 10.8. The van der Waals surface area contributed by atoms with Crippen LogP contribution in [0, 0.1) is 10.1 Å². The smallest absolute Gasteiger partial charge is 0.269 e. The van der Waals surface area contributed by atoms with Gasteiger partial charge in [-0.2, -0.15) is 0 Å². The second-order valence-corrected chi connectivity index (χ2v) is 5.56. The zero-order chi connectivity index (χ0) is 13.7. The highest BCUT2D eigenvalue weighted by Crippen LogP contribution is 2.26. The summed E-state index contributed by atoms with van der Waals surface area (Å²) in [6.45, 7) is 2.93. The molecular weight excluding hydrogens is 264 g/mol. The molecule has 0 bridgehead atoms. The van der Waals surface area contributed by atoms with Gasteiger partial charge in [-0.25, -0.2) is 0 Å². The van der Waals surface area contributed by atoms with Gasteiger partial charge in [0.15, 0.2) is 0 Å². The van der Waals surface area contributed by atoms with Crippen molar-refractivity contribution in [3.8, 4) is 0 Å². The molecule has 2 rings (SSSR count). The Morgan fingerprint density at radius 1 is 1.26 bits per heavy atom. The third-order valence-electron chi connectivity index (χ3n) is 3.56. The van der Waals surface area contributed by atoms with E-state index >= 15 is 0 Å². The molecule has 1 saturated heterocycles. The van der Waals surface area contributed by atoms with Crippen molar-refractivity contribution >= 4 is 17.3 Å². The number of nitrogens with zero attached hydrogens (tertiary/aromatic N) is 2. The number of halogens is 1. The molecule has 1 aliphatic heterocycles. The lowest BCUT2D eigenvalue weighted by molar-refractivity contribution is -0.384. The van der Waals surface area contributed by atoms with Crippen LogP contribution in [-0.2, 0) is 0 Å². The van der Waals surface area contributed by atoms with E-state index in [-0.39, 0.29) is 16.0 Å². The van der Waals surface area contributed by atoms with E-state index in [0.29, 0.717) is 0 Å². The minimum atomic E-state index is -0.376. The van der Waals surface area contributed by atoms with Crippen molar-refractivity contribution in [2.45, 2.75) is 31.1 Å². The Hall–Kier alpha value is -1.13. The quantitative estimate of drug-likeness (QED) is 0.480. The van der Waals surface area contributed by atoms with E-state index in [2.05, 4.69) is 4.90 Å². The number of nitro benzene ring substituents is 1. The fraction of sp³-hybridized carbons (Fsp3) is 0.571. The molecular formula is C14H19ClN2O2. The molecule has 19 heavy (non-hydrogen) atoms. The van der Waals surface area contributed by atoms with Gasteiger partial charge in [-0.05, 0) is 31.5 Å². The van der Waals surface area contributed by atoms with Gasteiger partial charge in [0.25, 0.3) is 5.69 Å². The summed E-state index contributed by atoms with van der Waals surface area (Å²) in [7, 11) is 0. The minimum absolute atomic E-state index is 0.110.